The standard InChI is InChI=1S/C17H28BrNS/c1-4-13-5-6-14(9-19-8-12(2)3)15(7-13)16-10-20-11-17(16)18/h10-15,19H,4-9H2,1-3H3. The Balaban J connectivity index is 2.02. The Morgan fingerprint density at radius 3 is 2.75 bits per heavy atom. The molecule has 3 heteroatoms. The van der Waals surface area contributed by atoms with Gasteiger partial charge in [0.25, 0.3) is 0 Å². The number of hydrogen-bond donors (Lipinski definition) is 1. The van der Waals surface area contributed by atoms with Gasteiger partial charge in [-0.25, -0.2) is 0 Å². The van der Waals surface area contributed by atoms with Crippen LogP contribution in [0.25, 0.3) is 0 Å². The normalized spacial score (nSPS) is 27.1. The topological polar surface area (TPSA) is 12.0 Å². The Morgan fingerprint density at radius 2 is 2.15 bits per heavy atom. The fourth-order valence-corrected chi connectivity index (χ4v) is 5.09. The van der Waals surface area contributed by atoms with Gasteiger partial charge in [-0.2, -0.15) is 11.3 Å². The van der Waals surface area contributed by atoms with Gasteiger partial charge in [0, 0.05) is 9.85 Å². The minimum atomic E-state index is 0.744. The molecule has 20 heavy (non-hydrogen) atoms. The summed E-state index contributed by atoms with van der Waals surface area (Å²) in [7, 11) is 0. The van der Waals surface area contributed by atoms with E-state index in [1.54, 1.807) is 5.56 Å². The van der Waals surface area contributed by atoms with Crippen LogP contribution in [0.3, 0.4) is 0 Å². The Labute approximate surface area is 136 Å². The highest BCUT2D eigenvalue weighted by atomic mass is 79.9. The van der Waals surface area contributed by atoms with E-state index in [1.165, 1.54) is 36.7 Å². The molecule has 2 rings (SSSR count). The lowest BCUT2D eigenvalue weighted by Gasteiger charge is -2.36. The van der Waals surface area contributed by atoms with Crippen LogP contribution in [-0.2, 0) is 0 Å². The molecule has 0 radical (unpaired) electrons. The highest BCUT2D eigenvalue weighted by Crippen LogP contribution is 2.44. The molecule has 1 nitrogen and oxygen atoms in total. The van der Waals surface area contributed by atoms with Crippen molar-refractivity contribution in [3.8, 4) is 0 Å². The second-order valence-electron chi connectivity index (χ2n) is 6.68. The predicted molar refractivity (Wildman–Crippen MR) is 93.6 cm³/mol. The molecule has 3 unspecified atom stereocenters. The molecule has 0 spiro atoms. The van der Waals surface area contributed by atoms with Gasteiger partial charge in [-0.3, -0.25) is 0 Å². The van der Waals surface area contributed by atoms with E-state index in [0.29, 0.717) is 0 Å². The largest absolute Gasteiger partial charge is 0.316 e. The summed E-state index contributed by atoms with van der Waals surface area (Å²) in [5.41, 5.74) is 1.56. The third-order valence-corrected chi connectivity index (χ3v) is 6.43. The summed E-state index contributed by atoms with van der Waals surface area (Å²) < 4.78 is 1.33. The molecule has 0 saturated heterocycles. The van der Waals surface area contributed by atoms with Gasteiger partial charge in [0.05, 0.1) is 0 Å². The Morgan fingerprint density at radius 1 is 1.35 bits per heavy atom. The average molecular weight is 358 g/mol. The van der Waals surface area contributed by atoms with E-state index in [4.69, 9.17) is 0 Å². The third-order valence-electron chi connectivity index (χ3n) is 4.68. The molecule has 1 aromatic heterocycles. The molecule has 0 aliphatic heterocycles. The molecule has 1 aliphatic carbocycles. The summed E-state index contributed by atoms with van der Waals surface area (Å²) in [4.78, 5) is 0. The van der Waals surface area contributed by atoms with Gasteiger partial charge < -0.3 is 5.32 Å². The SMILES string of the molecule is CCC1CCC(CNCC(C)C)C(c2cscc2Br)C1. The smallest absolute Gasteiger partial charge is 0.0317 e. The van der Waals surface area contributed by atoms with Gasteiger partial charge in [-0.05, 0) is 76.5 Å². The Bertz CT molecular complexity index is 401. The molecular weight excluding hydrogens is 330 g/mol. The van der Waals surface area contributed by atoms with E-state index in [1.807, 2.05) is 11.3 Å². The predicted octanol–water partition coefficient (Wildman–Crippen LogP) is 5.67. The summed E-state index contributed by atoms with van der Waals surface area (Å²) >= 11 is 5.58. The van der Waals surface area contributed by atoms with E-state index in [0.717, 1.165) is 30.2 Å². The lowest BCUT2D eigenvalue weighted by atomic mass is 9.71. The quantitative estimate of drug-likeness (QED) is 0.691. The molecule has 114 valence electrons. The average Bonchev–Trinajstić information content (AvgIpc) is 2.85. The van der Waals surface area contributed by atoms with E-state index in [9.17, 15) is 0 Å². The zero-order chi connectivity index (χ0) is 14.5. The van der Waals surface area contributed by atoms with Crippen molar-refractivity contribution < 1.29 is 0 Å². The van der Waals surface area contributed by atoms with Crippen molar-refractivity contribution in [1.29, 1.82) is 0 Å². The highest BCUT2D eigenvalue weighted by Gasteiger charge is 2.31. The van der Waals surface area contributed by atoms with Crippen molar-refractivity contribution in [2.45, 2.75) is 52.4 Å². The van der Waals surface area contributed by atoms with Crippen molar-refractivity contribution in [2.24, 2.45) is 17.8 Å². The lowest BCUT2D eigenvalue weighted by Crippen LogP contribution is -2.33. The van der Waals surface area contributed by atoms with Crippen molar-refractivity contribution in [3.05, 3.63) is 20.8 Å². The molecule has 3 atom stereocenters. The molecule has 0 bridgehead atoms. The van der Waals surface area contributed by atoms with E-state index in [-0.39, 0.29) is 0 Å². The molecule has 0 amide bonds. The molecule has 0 aromatic carbocycles. The van der Waals surface area contributed by atoms with Crippen LogP contribution in [0.5, 0.6) is 0 Å². The van der Waals surface area contributed by atoms with Crippen molar-refractivity contribution in [2.75, 3.05) is 13.1 Å². The third kappa shape index (κ3) is 4.32. The monoisotopic (exact) mass is 357 g/mol. The summed E-state index contributed by atoms with van der Waals surface area (Å²) in [6.07, 6.45) is 5.52. The number of rotatable bonds is 6. The Hall–Kier alpha value is 0.140. The number of hydrogen-bond acceptors (Lipinski definition) is 2. The molecule has 1 heterocycles. The van der Waals surface area contributed by atoms with Gasteiger partial charge >= 0.3 is 0 Å². The zero-order valence-corrected chi connectivity index (χ0v) is 15.4. The van der Waals surface area contributed by atoms with Crippen LogP contribution in [0.2, 0.25) is 0 Å². The molecular formula is C17H28BrNS. The lowest BCUT2D eigenvalue weighted by molar-refractivity contribution is 0.224. The van der Waals surface area contributed by atoms with E-state index < -0.39 is 0 Å². The summed E-state index contributed by atoms with van der Waals surface area (Å²) in [5.74, 6) is 3.22. The van der Waals surface area contributed by atoms with Crippen LogP contribution >= 0.6 is 27.3 Å². The highest BCUT2D eigenvalue weighted by molar-refractivity contribution is 9.10. The second kappa shape index (κ2) is 7.95. The zero-order valence-electron chi connectivity index (χ0n) is 13.0. The van der Waals surface area contributed by atoms with Gasteiger partial charge in [-0.15, -0.1) is 0 Å². The minimum Gasteiger partial charge on any atom is -0.316 e. The molecule has 1 N–H and O–H groups in total. The minimum absolute atomic E-state index is 0.744. The Kier molecular flexibility index (Phi) is 6.57. The molecule has 1 fully saturated rings. The maximum absolute atomic E-state index is 3.75. The summed E-state index contributed by atoms with van der Waals surface area (Å²) in [6.45, 7) is 9.25. The van der Waals surface area contributed by atoms with E-state index in [2.05, 4.69) is 52.8 Å². The molecule has 1 aliphatic rings. The van der Waals surface area contributed by atoms with Crippen LogP contribution in [0.1, 0.15) is 57.9 Å². The van der Waals surface area contributed by atoms with Gasteiger partial charge in [0.1, 0.15) is 0 Å². The van der Waals surface area contributed by atoms with Crippen molar-refractivity contribution >= 4 is 27.3 Å². The fourth-order valence-electron chi connectivity index (χ4n) is 3.43. The molecule has 1 saturated carbocycles. The van der Waals surface area contributed by atoms with Crippen LogP contribution < -0.4 is 5.32 Å². The van der Waals surface area contributed by atoms with Crippen LogP contribution in [0.4, 0.5) is 0 Å². The number of halogens is 1. The maximum atomic E-state index is 3.75. The maximum Gasteiger partial charge on any atom is 0.0317 e. The first kappa shape index (κ1) is 16.5. The van der Waals surface area contributed by atoms with Gasteiger partial charge in [0.15, 0.2) is 0 Å². The summed E-state index contributed by atoms with van der Waals surface area (Å²) in [5, 5.41) is 8.29. The summed E-state index contributed by atoms with van der Waals surface area (Å²) in [6, 6.07) is 0. The van der Waals surface area contributed by atoms with Gasteiger partial charge in [0.2, 0.25) is 0 Å². The number of thiophene rings is 1. The fraction of sp³-hybridized carbons (Fsp3) is 0.765. The second-order valence-corrected chi connectivity index (χ2v) is 8.28. The van der Waals surface area contributed by atoms with Gasteiger partial charge in [-0.1, -0.05) is 33.6 Å². The van der Waals surface area contributed by atoms with Crippen LogP contribution in [0, 0.1) is 17.8 Å². The number of nitrogens with one attached hydrogen (secondary N) is 1. The van der Waals surface area contributed by atoms with Crippen LogP contribution in [0.15, 0.2) is 15.2 Å². The van der Waals surface area contributed by atoms with E-state index >= 15 is 0 Å². The first-order valence-corrected chi connectivity index (χ1v) is 9.77. The first-order valence-electron chi connectivity index (χ1n) is 8.04. The van der Waals surface area contributed by atoms with Crippen LogP contribution in [-0.4, -0.2) is 13.1 Å². The van der Waals surface area contributed by atoms with Crippen molar-refractivity contribution in [1.82, 2.24) is 5.32 Å². The van der Waals surface area contributed by atoms with Crippen molar-refractivity contribution in [3.63, 3.8) is 0 Å². The first-order chi connectivity index (χ1) is 9.61. The molecule has 1 aromatic rings.